The maximum Gasteiger partial charge on any atom is 0.276 e. The molecule has 2 aromatic heterocycles. The molecular formula is C23H24N8O7S3. The fraction of sp³-hybridized carbons (Fsp3) is 0.304. The van der Waals surface area contributed by atoms with Crippen LogP contribution in [0.5, 0.6) is 0 Å². The van der Waals surface area contributed by atoms with Crippen molar-refractivity contribution >= 4 is 78.3 Å². The van der Waals surface area contributed by atoms with Gasteiger partial charge in [-0.2, -0.15) is 4.68 Å². The summed E-state index contributed by atoms with van der Waals surface area (Å²) in [6, 6.07) is 4.03. The van der Waals surface area contributed by atoms with Gasteiger partial charge >= 0.3 is 0 Å². The number of aryl methyl sites for hydroxylation is 1. The first kappa shape index (κ1) is 28.4. The van der Waals surface area contributed by atoms with Gasteiger partial charge in [0.1, 0.15) is 29.7 Å². The van der Waals surface area contributed by atoms with Crippen LogP contribution in [0.3, 0.4) is 0 Å². The number of thiazole rings is 1. The molecule has 2 aliphatic rings. The van der Waals surface area contributed by atoms with Gasteiger partial charge in [0.15, 0.2) is 17.4 Å². The van der Waals surface area contributed by atoms with Crippen LogP contribution in [0, 0.1) is 0 Å². The number of benzene rings is 1. The first-order valence-electron chi connectivity index (χ1n) is 11.9. The highest BCUT2D eigenvalue weighted by Gasteiger charge is 2.53. The molecule has 41 heavy (non-hydrogen) atoms. The number of amides is 2. The number of hydrogen-bond donors (Lipinski definition) is 3. The number of aromatic nitrogens is 3. The van der Waals surface area contributed by atoms with Crippen molar-refractivity contribution in [2.75, 3.05) is 29.6 Å². The second-order valence-electron chi connectivity index (χ2n) is 9.19. The number of carbonyl (C=O) groups excluding carboxylic acids is 3. The van der Waals surface area contributed by atoms with E-state index < -0.39 is 39.2 Å². The summed E-state index contributed by atoms with van der Waals surface area (Å²) in [7, 11) is -0.460. The number of thioether (sulfide) groups is 1. The third-order valence-electron chi connectivity index (χ3n) is 6.40. The molecule has 5 rings (SSSR count). The van der Waals surface area contributed by atoms with Crippen molar-refractivity contribution in [2.24, 2.45) is 12.2 Å². The molecule has 0 bridgehead atoms. The minimum Gasteiger partial charge on any atom is -0.543 e. The van der Waals surface area contributed by atoms with Gasteiger partial charge in [0.2, 0.25) is 16.2 Å². The number of fused-ring (bicyclic) bond motifs is 2. The molecule has 1 saturated heterocycles. The normalized spacial score (nSPS) is 19.1. The third-order valence-corrected chi connectivity index (χ3v) is 9.02. The zero-order valence-electron chi connectivity index (χ0n) is 21.9. The summed E-state index contributed by atoms with van der Waals surface area (Å²) < 4.78 is 29.2. The highest BCUT2D eigenvalue weighted by atomic mass is 32.2. The van der Waals surface area contributed by atoms with Crippen molar-refractivity contribution in [3.8, 4) is 0 Å². The van der Waals surface area contributed by atoms with Crippen LogP contribution in [0.2, 0.25) is 0 Å². The lowest BCUT2D eigenvalue weighted by Crippen LogP contribution is -2.71. The number of nitrogens with zero attached hydrogens (tertiary/aromatic N) is 5. The monoisotopic (exact) mass is 620 g/mol. The summed E-state index contributed by atoms with van der Waals surface area (Å²) in [5, 5.41) is 20.4. The van der Waals surface area contributed by atoms with E-state index in [9.17, 15) is 27.9 Å². The van der Waals surface area contributed by atoms with Crippen molar-refractivity contribution in [1.82, 2.24) is 19.9 Å². The molecule has 1 aromatic carbocycles. The number of nitrogen functional groups attached to an aromatic ring is 1. The second kappa shape index (κ2) is 10.7. The van der Waals surface area contributed by atoms with Crippen LogP contribution in [0.1, 0.15) is 5.69 Å². The molecule has 0 unspecified atom stereocenters. The van der Waals surface area contributed by atoms with E-state index >= 15 is 0 Å². The van der Waals surface area contributed by atoms with Crippen LogP contribution in [0.15, 0.2) is 46.2 Å². The molecule has 2 atom stereocenters. The predicted molar refractivity (Wildman–Crippen MR) is 149 cm³/mol. The molecule has 0 aliphatic carbocycles. The Morgan fingerprint density at radius 2 is 2.12 bits per heavy atom. The number of hydrogen-bond acceptors (Lipinski definition) is 12. The number of nitrogens with one attached hydrogen (secondary N) is 2. The average Bonchev–Trinajstić information content (AvgIpc) is 3.46. The van der Waals surface area contributed by atoms with Gasteiger partial charge < -0.3 is 25.8 Å². The van der Waals surface area contributed by atoms with Crippen molar-refractivity contribution < 1.29 is 37.4 Å². The number of aliphatic carboxylic acids is 1. The molecular weight excluding hydrogens is 597 g/mol. The van der Waals surface area contributed by atoms with Crippen LogP contribution in [0.25, 0.3) is 10.9 Å². The fourth-order valence-corrected chi connectivity index (χ4v) is 7.08. The minimum absolute atomic E-state index is 0.125. The molecule has 1 fully saturated rings. The first-order valence-corrected chi connectivity index (χ1v) is 15.7. The summed E-state index contributed by atoms with van der Waals surface area (Å²) in [6.45, 7) is 0.125. The number of carboxylic acids is 1. The maximum atomic E-state index is 13.1. The van der Waals surface area contributed by atoms with Crippen molar-refractivity contribution in [3.05, 3.63) is 46.7 Å². The number of sulfonamides is 1. The molecule has 3 aromatic rings. The first-order chi connectivity index (χ1) is 19.4. The Morgan fingerprint density at radius 3 is 2.76 bits per heavy atom. The number of carboxylic acid groups (broad SMARTS) is 1. The van der Waals surface area contributed by atoms with Gasteiger partial charge in [-0.3, -0.25) is 19.2 Å². The van der Waals surface area contributed by atoms with Crippen LogP contribution >= 0.6 is 23.1 Å². The maximum absolute atomic E-state index is 13.1. The van der Waals surface area contributed by atoms with E-state index in [-0.39, 0.29) is 34.5 Å². The zero-order chi connectivity index (χ0) is 29.6. The standard InChI is InChI=1S/C23H24N8O7S3/c1-29-15-6-13(28-41(3,36)37)5-4-11(15)7-30(29)8-12-9-39-21-17(20(33)31(21)18(12)22(34)35)26-19(32)16(27-38-2)14-10-40-23(24)25-14/h4-7,10,17,21H,8-9H2,1-3H3,(H4,24,25,26,32,34,35)/b27-16-/t17-,21-/m1/s1. The number of carbonyl (C=O) groups is 3. The lowest BCUT2D eigenvalue weighted by Gasteiger charge is -2.50. The topological polar surface area (TPSA) is 205 Å². The van der Waals surface area contributed by atoms with Gasteiger partial charge in [-0.05, 0) is 18.2 Å². The zero-order valence-corrected chi connectivity index (χ0v) is 24.3. The van der Waals surface area contributed by atoms with E-state index in [1.54, 1.807) is 40.8 Å². The molecule has 216 valence electrons. The Labute approximate surface area is 241 Å². The molecule has 18 heteroatoms. The second-order valence-corrected chi connectivity index (χ2v) is 12.9. The van der Waals surface area contributed by atoms with Crippen molar-refractivity contribution in [3.63, 3.8) is 0 Å². The van der Waals surface area contributed by atoms with E-state index in [0.29, 0.717) is 16.8 Å². The van der Waals surface area contributed by atoms with E-state index in [0.717, 1.165) is 27.9 Å². The van der Waals surface area contributed by atoms with Gasteiger partial charge in [-0.25, -0.2) is 13.4 Å². The van der Waals surface area contributed by atoms with E-state index in [1.807, 2.05) is 0 Å². The van der Waals surface area contributed by atoms with Gasteiger partial charge in [-0.1, -0.05) is 5.16 Å². The smallest absolute Gasteiger partial charge is 0.276 e. The molecule has 15 nitrogen and oxygen atoms in total. The molecule has 4 N–H and O–H groups in total. The average molecular weight is 621 g/mol. The van der Waals surface area contributed by atoms with Crippen LogP contribution < -0.4 is 25.6 Å². The number of rotatable bonds is 9. The van der Waals surface area contributed by atoms with Gasteiger partial charge in [0, 0.05) is 16.7 Å². The summed E-state index contributed by atoms with van der Waals surface area (Å²) >= 11 is 2.40. The van der Waals surface area contributed by atoms with Crippen LogP contribution in [-0.2, 0) is 42.8 Å². The number of anilines is 2. The molecule has 2 aliphatic heterocycles. The molecule has 0 saturated carbocycles. The van der Waals surface area contributed by atoms with Gasteiger partial charge in [0.25, 0.3) is 11.8 Å². The molecule has 0 radical (unpaired) electrons. The lowest BCUT2D eigenvalue weighted by atomic mass is 10.0. The summed E-state index contributed by atoms with van der Waals surface area (Å²) in [5.41, 5.74) is 6.93. The Hall–Kier alpha value is -4.16. The molecule has 4 heterocycles. The number of oxime groups is 1. The Morgan fingerprint density at radius 1 is 1.37 bits per heavy atom. The Bertz CT molecular complexity index is 1760. The van der Waals surface area contributed by atoms with E-state index in [2.05, 4.69) is 20.2 Å². The highest BCUT2D eigenvalue weighted by molar-refractivity contribution is 8.00. The Kier molecular flexibility index (Phi) is 7.39. The van der Waals surface area contributed by atoms with Gasteiger partial charge in [0.05, 0.1) is 36.0 Å². The van der Waals surface area contributed by atoms with Crippen LogP contribution in [-0.4, -0.2) is 77.0 Å². The van der Waals surface area contributed by atoms with E-state index in [4.69, 9.17) is 10.6 Å². The Balaban J connectivity index is 1.38. The van der Waals surface area contributed by atoms with Gasteiger partial charge in [-0.15, -0.1) is 27.8 Å². The summed E-state index contributed by atoms with van der Waals surface area (Å²) in [6.07, 6.45) is 2.85. The van der Waals surface area contributed by atoms with Crippen LogP contribution in [0.4, 0.5) is 10.8 Å². The molecule has 2 amide bonds. The molecule has 0 spiro atoms. The fourth-order valence-electron chi connectivity index (χ4n) is 4.64. The lowest BCUT2D eigenvalue weighted by molar-refractivity contribution is -0.764. The highest BCUT2D eigenvalue weighted by Crippen LogP contribution is 2.40. The quantitative estimate of drug-likeness (QED) is 0.107. The SMILES string of the molecule is CO/N=C(\C(=O)N[C@@H]1C(=O)N2C(C(=O)[O-])=C(C[n+]3cc4ccc(NS(C)(=O)=O)cc4n3C)CS[C@H]12)c1csc(N)n1. The third kappa shape index (κ3) is 5.44. The summed E-state index contributed by atoms with van der Waals surface area (Å²) in [5.74, 6) is -2.60. The van der Waals surface area contributed by atoms with Crippen molar-refractivity contribution in [2.45, 2.75) is 18.0 Å². The number of nitrogens with two attached hydrogens (primary N) is 1. The summed E-state index contributed by atoms with van der Waals surface area (Å²) in [4.78, 5) is 48.2. The predicted octanol–water partition coefficient (Wildman–Crippen LogP) is -1.67. The number of β-lactam (4-membered cyclic amide) rings is 1. The van der Waals surface area contributed by atoms with Crippen molar-refractivity contribution in [1.29, 1.82) is 0 Å². The largest absolute Gasteiger partial charge is 0.543 e. The minimum atomic E-state index is -3.47. The van der Waals surface area contributed by atoms with E-state index in [1.165, 1.54) is 24.3 Å².